The van der Waals surface area contributed by atoms with Crippen LogP contribution in [0.4, 0.5) is 0 Å². The highest BCUT2D eigenvalue weighted by Crippen LogP contribution is 2.21. The van der Waals surface area contributed by atoms with Crippen molar-refractivity contribution in [3.05, 3.63) is 72.3 Å². The predicted molar refractivity (Wildman–Crippen MR) is 97.3 cm³/mol. The standard InChI is InChI=1S/C19H17NO2S/c20-19(23)17-7-3-4-8-18(17)22-12-11-21-16-10-9-14-5-1-2-6-15(14)13-16/h1-10,13H,11-12H2,(H2,20,23). The normalized spacial score (nSPS) is 10.4. The minimum Gasteiger partial charge on any atom is -0.490 e. The monoisotopic (exact) mass is 323 g/mol. The fourth-order valence-electron chi connectivity index (χ4n) is 2.36. The van der Waals surface area contributed by atoms with Gasteiger partial charge in [0.15, 0.2) is 0 Å². The molecule has 0 spiro atoms. The van der Waals surface area contributed by atoms with Crippen LogP contribution in [-0.4, -0.2) is 18.2 Å². The molecular formula is C19H17NO2S. The van der Waals surface area contributed by atoms with E-state index in [1.807, 2.05) is 54.6 Å². The second-order valence-electron chi connectivity index (χ2n) is 5.07. The number of hydrogen-bond donors (Lipinski definition) is 1. The maximum atomic E-state index is 5.75. The van der Waals surface area contributed by atoms with Crippen LogP contribution in [0.15, 0.2) is 66.7 Å². The van der Waals surface area contributed by atoms with Crippen molar-refractivity contribution in [2.45, 2.75) is 0 Å². The average Bonchev–Trinajstić information content (AvgIpc) is 2.59. The summed E-state index contributed by atoms with van der Waals surface area (Å²) < 4.78 is 11.5. The van der Waals surface area contributed by atoms with E-state index in [1.54, 1.807) is 0 Å². The zero-order valence-electron chi connectivity index (χ0n) is 12.6. The maximum absolute atomic E-state index is 5.75. The van der Waals surface area contributed by atoms with Crippen LogP contribution in [-0.2, 0) is 0 Å². The molecule has 0 amide bonds. The summed E-state index contributed by atoms with van der Waals surface area (Å²) in [7, 11) is 0. The first-order chi connectivity index (χ1) is 11.2. The lowest BCUT2D eigenvalue weighted by atomic mass is 10.1. The molecule has 0 aliphatic rings. The zero-order valence-corrected chi connectivity index (χ0v) is 13.4. The highest BCUT2D eigenvalue weighted by molar-refractivity contribution is 7.80. The van der Waals surface area contributed by atoms with Gasteiger partial charge in [-0.25, -0.2) is 0 Å². The van der Waals surface area contributed by atoms with E-state index in [2.05, 4.69) is 12.1 Å². The number of ether oxygens (including phenoxy) is 2. The number of fused-ring (bicyclic) bond motifs is 1. The molecule has 3 aromatic carbocycles. The number of hydrogen-bond acceptors (Lipinski definition) is 3. The van der Waals surface area contributed by atoms with Crippen molar-refractivity contribution < 1.29 is 9.47 Å². The van der Waals surface area contributed by atoms with Gasteiger partial charge >= 0.3 is 0 Å². The Kier molecular flexibility index (Phi) is 4.74. The molecule has 3 rings (SSSR count). The van der Waals surface area contributed by atoms with E-state index in [-0.39, 0.29) is 0 Å². The molecule has 0 aliphatic carbocycles. The Morgan fingerprint density at radius 3 is 2.35 bits per heavy atom. The molecule has 0 saturated heterocycles. The highest BCUT2D eigenvalue weighted by atomic mass is 32.1. The molecule has 0 heterocycles. The van der Waals surface area contributed by atoms with E-state index in [9.17, 15) is 0 Å². The Bertz CT molecular complexity index is 832. The molecule has 4 heteroatoms. The number of nitrogens with two attached hydrogens (primary N) is 1. The predicted octanol–water partition coefficient (Wildman–Crippen LogP) is 3.93. The van der Waals surface area contributed by atoms with Gasteiger partial charge in [-0.05, 0) is 35.0 Å². The summed E-state index contributed by atoms with van der Waals surface area (Å²) >= 11 is 5.02. The first kappa shape index (κ1) is 15.3. The van der Waals surface area contributed by atoms with Crippen molar-refractivity contribution in [1.82, 2.24) is 0 Å². The molecule has 0 atom stereocenters. The molecule has 3 aromatic rings. The smallest absolute Gasteiger partial charge is 0.129 e. The lowest BCUT2D eigenvalue weighted by Crippen LogP contribution is -2.14. The van der Waals surface area contributed by atoms with E-state index in [1.165, 1.54) is 5.39 Å². The van der Waals surface area contributed by atoms with Crippen molar-refractivity contribution in [3.8, 4) is 11.5 Å². The second kappa shape index (κ2) is 7.11. The van der Waals surface area contributed by atoms with E-state index >= 15 is 0 Å². The molecule has 3 nitrogen and oxygen atoms in total. The van der Waals surface area contributed by atoms with Gasteiger partial charge in [0, 0.05) is 0 Å². The van der Waals surface area contributed by atoms with Crippen molar-refractivity contribution in [2.75, 3.05) is 13.2 Å². The summed E-state index contributed by atoms with van der Waals surface area (Å²) in [5.41, 5.74) is 6.43. The van der Waals surface area contributed by atoms with Crippen molar-refractivity contribution in [3.63, 3.8) is 0 Å². The number of thiocarbonyl (C=S) groups is 1. The molecule has 0 aliphatic heterocycles. The second-order valence-corrected chi connectivity index (χ2v) is 5.51. The fourth-order valence-corrected chi connectivity index (χ4v) is 2.53. The average molecular weight is 323 g/mol. The van der Waals surface area contributed by atoms with Gasteiger partial charge in [0.05, 0.1) is 5.56 Å². The van der Waals surface area contributed by atoms with E-state index in [4.69, 9.17) is 27.4 Å². The van der Waals surface area contributed by atoms with E-state index in [0.29, 0.717) is 24.0 Å². The Morgan fingerprint density at radius 1 is 0.826 bits per heavy atom. The third kappa shape index (κ3) is 3.79. The number of para-hydroxylation sites is 1. The first-order valence-electron chi connectivity index (χ1n) is 7.37. The number of rotatable bonds is 6. The Morgan fingerprint density at radius 2 is 1.52 bits per heavy atom. The molecule has 0 unspecified atom stereocenters. The molecule has 0 saturated carbocycles. The van der Waals surface area contributed by atoms with Crippen LogP contribution in [0.5, 0.6) is 11.5 Å². The van der Waals surface area contributed by atoms with Gasteiger partial charge in [0.1, 0.15) is 29.7 Å². The van der Waals surface area contributed by atoms with Gasteiger partial charge in [-0.1, -0.05) is 54.7 Å². The SMILES string of the molecule is NC(=S)c1ccccc1OCCOc1ccc2ccccc2c1. The summed E-state index contributed by atoms with van der Waals surface area (Å²) in [6.07, 6.45) is 0. The van der Waals surface area contributed by atoms with Crippen LogP contribution in [0.2, 0.25) is 0 Å². The lowest BCUT2D eigenvalue weighted by Gasteiger charge is -2.11. The van der Waals surface area contributed by atoms with Gasteiger partial charge < -0.3 is 15.2 Å². The Labute approximate surface area is 140 Å². The van der Waals surface area contributed by atoms with Gasteiger partial charge in [0.25, 0.3) is 0 Å². The van der Waals surface area contributed by atoms with Crippen LogP contribution in [0.1, 0.15) is 5.56 Å². The lowest BCUT2D eigenvalue weighted by molar-refractivity contribution is 0.217. The van der Waals surface area contributed by atoms with Crippen LogP contribution in [0.3, 0.4) is 0 Å². The zero-order chi connectivity index (χ0) is 16.1. The van der Waals surface area contributed by atoms with Crippen LogP contribution in [0, 0.1) is 0 Å². The third-order valence-electron chi connectivity index (χ3n) is 3.48. The largest absolute Gasteiger partial charge is 0.490 e. The van der Waals surface area contributed by atoms with Gasteiger partial charge in [-0.3, -0.25) is 0 Å². The summed E-state index contributed by atoms with van der Waals surface area (Å²) in [5, 5.41) is 2.35. The summed E-state index contributed by atoms with van der Waals surface area (Å²) in [5.74, 6) is 1.51. The van der Waals surface area contributed by atoms with Gasteiger partial charge in [-0.2, -0.15) is 0 Å². The Balaban J connectivity index is 1.58. The third-order valence-corrected chi connectivity index (χ3v) is 3.70. The molecule has 0 aromatic heterocycles. The van der Waals surface area contributed by atoms with Gasteiger partial charge in [-0.15, -0.1) is 0 Å². The summed E-state index contributed by atoms with van der Waals surface area (Å²) in [4.78, 5) is 0.330. The van der Waals surface area contributed by atoms with Crippen LogP contribution >= 0.6 is 12.2 Å². The first-order valence-corrected chi connectivity index (χ1v) is 7.78. The molecule has 23 heavy (non-hydrogen) atoms. The minimum atomic E-state index is 0.330. The van der Waals surface area contributed by atoms with E-state index < -0.39 is 0 Å². The summed E-state index contributed by atoms with van der Waals surface area (Å²) in [6, 6.07) is 21.7. The van der Waals surface area contributed by atoms with Crippen molar-refractivity contribution in [1.29, 1.82) is 0 Å². The summed E-state index contributed by atoms with van der Waals surface area (Å²) in [6.45, 7) is 0.871. The Hall–Kier alpha value is -2.59. The van der Waals surface area contributed by atoms with Crippen molar-refractivity contribution in [2.24, 2.45) is 5.73 Å². The molecule has 116 valence electrons. The van der Waals surface area contributed by atoms with Gasteiger partial charge in [0.2, 0.25) is 0 Å². The molecule has 0 fully saturated rings. The minimum absolute atomic E-state index is 0.330. The quantitative estimate of drug-likeness (QED) is 0.551. The topological polar surface area (TPSA) is 44.5 Å². The molecule has 0 bridgehead atoms. The fraction of sp³-hybridized carbons (Fsp3) is 0.105. The molecular weight excluding hydrogens is 306 g/mol. The highest BCUT2D eigenvalue weighted by Gasteiger charge is 2.05. The number of benzene rings is 3. The van der Waals surface area contributed by atoms with Crippen molar-refractivity contribution >= 4 is 28.0 Å². The van der Waals surface area contributed by atoms with Crippen LogP contribution in [0.25, 0.3) is 10.8 Å². The molecule has 0 radical (unpaired) electrons. The molecule has 2 N–H and O–H groups in total. The maximum Gasteiger partial charge on any atom is 0.129 e. The van der Waals surface area contributed by atoms with E-state index in [0.717, 1.165) is 16.7 Å². The van der Waals surface area contributed by atoms with Crippen LogP contribution < -0.4 is 15.2 Å².